The van der Waals surface area contributed by atoms with Crippen LogP contribution >= 0.6 is 0 Å². The topological polar surface area (TPSA) is 93.4 Å². The van der Waals surface area contributed by atoms with Gasteiger partial charge in [0.25, 0.3) is 5.91 Å². The number of aryl methyl sites for hydroxylation is 1. The summed E-state index contributed by atoms with van der Waals surface area (Å²) >= 11 is 0. The lowest BCUT2D eigenvalue weighted by Gasteiger charge is -2.22. The Hall–Kier alpha value is -3.00. The fourth-order valence-corrected chi connectivity index (χ4v) is 4.70. The second-order valence-corrected chi connectivity index (χ2v) is 8.99. The van der Waals surface area contributed by atoms with Crippen molar-refractivity contribution in [1.82, 2.24) is 15.1 Å². The number of benzene rings is 2. The highest BCUT2D eigenvalue weighted by Crippen LogP contribution is 2.33. The zero-order chi connectivity index (χ0) is 20.4. The number of hydrogen-bond acceptors (Lipinski definition) is 6. The van der Waals surface area contributed by atoms with E-state index in [1.807, 2.05) is 31.2 Å². The molecule has 29 heavy (non-hydrogen) atoms. The molecule has 4 rings (SSSR count). The summed E-state index contributed by atoms with van der Waals surface area (Å²) in [6, 6.07) is 15.8. The maximum atomic E-state index is 13.0. The number of rotatable bonds is 5. The fourth-order valence-electron chi connectivity index (χ4n) is 3.57. The molecular formula is C21H21N3O4S. The van der Waals surface area contributed by atoms with Gasteiger partial charge in [-0.1, -0.05) is 53.6 Å². The Kier molecular flexibility index (Phi) is 5.19. The maximum absolute atomic E-state index is 13.0. The first kappa shape index (κ1) is 19.3. The van der Waals surface area contributed by atoms with Crippen molar-refractivity contribution in [3.8, 4) is 0 Å². The van der Waals surface area contributed by atoms with Crippen LogP contribution in [-0.4, -0.2) is 36.0 Å². The van der Waals surface area contributed by atoms with Crippen molar-refractivity contribution in [3.63, 3.8) is 0 Å². The van der Waals surface area contributed by atoms with Gasteiger partial charge in [-0.3, -0.25) is 4.79 Å². The Morgan fingerprint density at radius 2 is 1.83 bits per heavy atom. The first-order valence-corrected chi connectivity index (χ1v) is 11.1. The molecular weight excluding hydrogens is 390 g/mol. The number of amides is 1. The Morgan fingerprint density at radius 3 is 2.59 bits per heavy atom. The zero-order valence-corrected chi connectivity index (χ0v) is 16.8. The van der Waals surface area contributed by atoms with E-state index in [4.69, 9.17) is 4.42 Å². The highest BCUT2D eigenvalue weighted by molar-refractivity contribution is 7.90. The molecule has 0 saturated carbocycles. The molecule has 2 aromatic carbocycles. The van der Waals surface area contributed by atoms with Gasteiger partial charge in [0, 0.05) is 12.1 Å². The van der Waals surface area contributed by atoms with Crippen LogP contribution in [0.25, 0.3) is 0 Å². The predicted molar refractivity (Wildman–Crippen MR) is 106 cm³/mol. The van der Waals surface area contributed by atoms with Crippen LogP contribution in [-0.2, 0) is 15.6 Å². The quantitative estimate of drug-likeness (QED) is 0.639. The van der Waals surface area contributed by atoms with E-state index in [-0.39, 0.29) is 17.6 Å². The summed E-state index contributed by atoms with van der Waals surface area (Å²) in [5.74, 6) is -0.167. The average Bonchev–Trinajstić information content (AvgIpc) is 3.38. The first-order valence-electron chi connectivity index (χ1n) is 9.42. The normalized spacial score (nSPS) is 16.9. The Bertz CT molecular complexity index is 1130. The monoisotopic (exact) mass is 411 g/mol. The number of sulfone groups is 1. The van der Waals surface area contributed by atoms with Gasteiger partial charge in [-0.05, 0) is 37.0 Å². The molecule has 0 radical (unpaired) electrons. The lowest BCUT2D eigenvalue weighted by Crippen LogP contribution is -2.31. The predicted octanol–water partition coefficient (Wildman–Crippen LogP) is 3.33. The fraction of sp³-hybridized carbons (Fsp3) is 0.286. The summed E-state index contributed by atoms with van der Waals surface area (Å²) in [6.45, 7) is 2.45. The molecule has 1 amide bonds. The lowest BCUT2D eigenvalue weighted by atomic mass is 10.1. The minimum absolute atomic E-state index is 0.113. The standard InChI is InChI=1S/C21H21N3O4S/c1-15-8-5-6-11-17(15)20(25)24-13-7-12-18(24)19-22-23-21(28-19)29(26,27)14-16-9-3-2-4-10-16/h2-6,8-11,18H,7,12-14H2,1H3/t18-/m0/s1. The van der Waals surface area contributed by atoms with Crippen LogP contribution in [0.1, 0.15) is 46.3 Å². The van der Waals surface area contributed by atoms with Gasteiger partial charge < -0.3 is 9.32 Å². The molecule has 3 aromatic rings. The SMILES string of the molecule is Cc1ccccc1C(=O)N1CCC[C@H]1c1nnc(S(=O)(=O)Cc2ccccc2)o1. The summed E-state index contributed by atoms with van der Waals surface area (Å²) in [7, 11) is -3.76. The van der Waals surface area contributed by atoms with Crippen molar-refractivity contribution in [2.45, 2.75) is 36.8 Å². The number of hydrogen-bond donors (Lipinski definition) is 0. The Morgan fingerprint density at radius 1 is 1.10 bits per heavy atom. The third-order valence-electron chi connectivity index (χ3n) is 5.06. The van der Waals surface area contributed by atoms with Crippen LogP contribution in [0.4, 0.5) is 0 Å². The van der Waals surface area contributed by atoms with Crippen LogP contribution in [0.2, 0.25) is 0 Å². The van der Waals surface area contributed by atoms with E-state index < -0.39 is 21.1 Å². The number of carbonyl (C=O) groups is 1. The molecule has 0 spiro atoms. The number of carbonyl (C=O) groups excluding carboxylic acids is 1. The smallest absolute Gasteiger partial charge is 0.335 e. The van der Waals surface area contributed by atoms with Crippen LogP contribution < -0.4 is 0 Å². The molecule has 7 nitrogen and oxygen atoms in total. The van der Waals surface area contributed by atoms with E-state index >= 15 is 0 Å². The average molecular weight is 411 g/mol. The molecule has 1 atom stereocenters. The Labute approximate surface area is 169 Å². The highest BCUT2D eigenvalue weighted by atomic mass is 32.2. The minimum Gasteiger partial charge on any atom is -0.410 e. The van der Waals surface area contributed by atoms with Crippen molar-refractivity contribution >= 4 is 15.7 Å². The first-order chi connectivity index (χ1) is 14.0. The summed E-state index contributed by atoms with van der Waals surface area (Å²) in [4.78, 5) is 14.7. The molecule has 0 unspecified atom stereocenters. The van der Waals surface area contributed by atoms with Crippen LogP contribution in [0, 0.1) is 6.92 Å². The summed E-state index contributed by atoms with van der Waals surface area (Å²) in [5, 5.41) is 7.32. The zero-order valence-electron chi connectivity index (χ0n) is 16.0. The molecule has 2 heterocycles. The largest absolute Gasteiger partial charge is 0.410 e. The van der Waals surface area contributed by atoms with Crippen molar-refractivity contribution in [1.29, 1.82) is 0 Å². The third kappa shape index (κ3) is 3.93. The molecule has 150 valence electrons. The van der Waals surface area contributed by atoms with Crippen molar-refractivity contribution in [2.75, 3.05) is 6.54 Å². The van der Waals surface area contributed by atoms with E-state index in [1.54, 1.807) is 35.2 Å². The maximum Gasteiger partial charge on any atom is 0.335 e. The highest BCUT2D eigenvalue weighted by Gasteiger charge is 2.36. The molecule has 1 aliphatic rings. The molecule has 8 heteroatoms. The Balaban J connectivity index is 1.57. The van der Waals surface area contributed by atoms with Gasteiger partial charge in [-0.15, -0.1) is 5.10 Å². The van der Waals surface area contributed by atoms with Crippen LogP contribution in [0.15, 0.2) is 64.2 Å². The molecule has 0 aliphatic carbocycles. The molecule has 0 N–H and O–H groups in total. The second-order valence-electron chi connectivity index (χ2n) is 7.12. The van der Waals surface area contributed by atoms with Gasteiger partial charge in [-0.2, -0.15) is 0 Å². The lowest BCUT2D eigenvalue weighted by molar-refractivity contribution is 0.0711. The minimum atomic E-state index is -3.76. The number of aromatic nitrogens is 2. The van der Waals surface area contributed by atoms with E-state index in [0.29, 0.717) is 24.1 Å². The van der Waals surface area contributed by atoms with E-state index in [0.717, 1.165) is 12.0 Å². The summed E-state index contributed by atoms with van der Waals surface area (Å²) in [5.41, 5.74) is 2.15. The van der Waals surface area contributed by atoms with Crippen molar-refractivity contribution in [3.05, 3.63) is 77.2 Å². The van der Waals surface area contributed by atoms with Gasteiger partial charge in [0.05, 0.1) is 5.75 Å². The molecule has 1 saturated heterocycles. The van der Waals surface area contributed by atoms with Gasteiger partial charge >= 0.3 is 5.22 Å². The van der Waals surface area contributed by atoms with Gasteiger partial charge in [0.15, 0.2) is 0 Å². The molecule has 1 aromatic heterocycles. The van der Waals surface area contributed by atoms with Crippen LogP contribution in [0.5, 0.6) is 0 Å². The van der Waals surface area contributed by atoms with Gasteiger partial charge in [0.2, 0.25) is 15.7 Å². The molecule has 1 aliphatic heterocycles. The van der Waals surface area contributed by atoms with Crippen LogP contribution in [0.3, 0.4) is 0 Å². The summed E-state index contributed by atoms with van der Waals surface area (Å²) in [6.07, 6.45) is 1.44. The van der Waals surface area contributed by atoms with E-state index in [2.05, 4.69) is 10.2 Å². The third-order valence-corrected chi connectivity index (χ3v) is 6.47. The van der Waals surface area contributed by atoms with Gasteiger partial charge in [-0.25, -0.2) is 8.42 Å². The summed E-state index contributed by atoms with van der Waals surface area (Å²) < 4.78 is 30.8. The van der Waals surface area contributed by atoms with Crippen molar-refractivity contribution in [2.24, 2.45) is 0 Å². The molecule has 1 fully saturated rings. The second kappa shape index (κ2) is 7.79. The number of nitrogens with zero attached hydrogens (tertiary/aromatic N) is 3. The number of likely N-dealkylation sites (tertiary alicyclic amines) is 1. The van der Waals surface area contributed by atoms with Gasteiger partial charge in [0.1, 0.15) is 6.04 Å². The van der Waals surface area contributed by atoms with E-state index in [9.17, 15) is 13.2 Å². The van der Waals surface area contributed by atoms with Crippen molar-refractivity contribution < 1.29 is 17.6 Å². The molecule has 0 bridgehead atoms. The van der Waals surface area contributed by atoms with E-state index in [1.165, 1.54) is 0 Å².